The minimum absolute atomic E-state index is 0.155. The molecule has 0 saturated heterocycles. The zero-order valence-corrected chi connectivity index (χ0v) is 21.1. The predicted molar refractivity (Wildman–Crippen MR) is 137 cm³/mol. The van der Waals surface area contributed by atoms with Crippen LogP contribution in [0.1, 0.15) is 54.5 Å². The Morgan fingerprint density at radius 1 is 1.20 bits per heavy atom. The Kier molecular flexibility index (Phi) is 7.37. The lowest BCUT2D eigenvalue weighted by atomic mass is 10.2. The van der Waals surface area contributed by atoms with Crippen LogP contribution in [0.25, 0.3) is 28.1 Å². The van der Waals surface area contributed by atoms with Gasteiger partial charge in [0, 0.05) is 24.0 Å². The first-order valence-electron chi connectivity index (χ1n) is 12.0. The second-order valence-corrected chi connectivity index (χ2v) is 8.68. The molecule has 0 aliphatic heterocycles. The highest BCUT2D eigenvalue weighted by molar-refractivity contribution is 5.91. The molecular weight excluding hydrogens is 444 g/mol. The molecule has 0 fully saturated rings. The normalized spacial score (nSPS) is 12.4. The van der Waals surface area contributed by atoms with Gasteiger partial charge in [0.25, 0.3) is 0 Å². The van der Waals surface area contributed by atoms with Gasteiger partial charge in [-0.1, -0.05) is 0 Å². The molecule has 0 saturated carbocycles. The number of esters is 1. The Hall–Kier alpha value is -3.43. The quantitative estimate of drug-likeness (QED) is 0.263. The Morgan fingerprint density at radius 3 is 2.69 bits per heavy atom. The Bertz CT molecular complexity index is 1350. The fourth-order valence-electron chi connectivity index (χ4n) is 4.39. The van der Waals surface area contributed by atoms with Crippen molar-refractivity contribution < 1.29 is 14.3 Å². The Morgan fingerprint density at radius 2 is 2.00 bits per heavy atom. The fraction of sp³-hybridized carbons (Fsp3) is 0.423. The highest BCUT2D eigenvalue weighted by atomic mass is 16.5. The van der Waals surface area contributed by atoms with Crippen LogP contribution in [0.3, 0.4) is 0 Å². The molecule has 186 valence electrons. The largest absolute Gasteiger partial charge is 0.482 e. The van der Waals surface area contributed by atoms with Crippen molar-refractivity contribution in [2.24, 2.45) is 5.73 Å². The third-order valence-electron chi connectivity index (χ3n) is 6.17. The number of aromatic nitrogens is 4. The predicted octanol–water partition coefficient (Wildman–Crippen LogP) is 3.86. The molecule has 0 radical (unpaired) electrons. The minimum atomic E-state index is -0.401. The van der Waals surface area contributed by atoms with Gasteiger partial charge < -0.3 is 25.1 Å². The lowest BCUT2D eigenvalue weighted by molar-refractivity contribution is 0.0526. The summed E-state index contributed by atoms with van der Waals surface area (Å²) in [4.78, 5) is 22.2. The number of nitrogens with zero attached hydrogens (tertiary/aromatic N) is 4. The van der Waals surface area contributed by atoms with Crippen molar-refractivity contribution in [3.8, 4) is 17.3 Å². The molecule has 9 nitrogen and oxygen atoms in total. The maximum atomic E-state index is 12.4. The first kappa shape index (κ1) is 24.7. The molecule has 4 rings (SSSR count). The fourth-order valence-corrected chi connectivity index (χ4v) is 4.39. The second kappa shape index (κ2) is 10.5. The summed E-state index contributed by atoms with van der Waals surface area (Å²) in [7, 11) is 3.55. The molecule has 1 unspecified atom stereocenters. The molecule has 0 bridgehead atoms. The standard InChI is InChI=1S/C26H34N6O3/c1-6-35-26(33)19-14-22-30-24(17(3)32(22)23(15-19)34-5)21-13-18-9-10-20(16(2)27)29-25(18)31(21)12-8-7-11-28-4/h9-10,13-16,28H,6-8,11-12,27H2,1-5H3. The zero-order chi connectivity index (χ0) is 25.1. The summed E-state index contributed by atoms with van der Waals surface area (Å²) < 4.78 is 15.0. The number of carbonyl (C=O) groups excluding carboxylic acids is 1. The van der Waals surface area contributed by atoms with Crippen LogP contribution in [0.4, 0.5) is 0 Å². The van der Waals surface area contributed by atoms with Crippen molar-refractivity contribution in [3.63, 3.8) is 0 Å². The number of ether oxygens (including phenoxy) is 2. The van der Waals surface area contributed by atoms with Gasteiger partial charge in [-0.2, -0.15) is 0 Å². The van der Waals surface area contributed by atoms with Gasteiger partial charge in [-0.25, -0.2) is 14.8 Å². The van der Waals surface area contributed by atoms with E-state index in [2.05, 4.69) is 22.0 Å². The van der Waals surface area contributed by atoms with E-state index in [1.165, 1.54) is 0 Å². The summed E-state index contributed by atoms with van der Waals surface area (Å²) in [5, 5.41) is 4.25. The molecule has 4 aromatic heterocycles. The number of aryl methyl sites for hydroxylation is 2. The lowest BCUT2D eigenvalue weighted by Crippen LogP contribution is -2.11. The summed E-state index contributed by atoms with van der Waals surface area (Å²) in [5.74, 6) is 0.123. The van der Waals surface area contributed by atoms with Gasteiger partial charge in [0.1, 0.15) is 17.0 Å². The summed E-state index contributed by atoms with van der Waals surface area (Å²) in [6.07, 6.45) is 2.04. The molecule has 0 spiro atoms. The van der Waals surface area contributed by atoms with Gasteiger partial charge in [-0.15, -0.1) is 0 Å². The monoisotopic (exact) mass is 478 g/mol. The molecule has 1 atom stereocenters. The van der Waals surface area contributed by atoms with Crippen molar-refractivity contribution >= 4 is 22.6 Å². The minimum Gasteiger partial charge on any atom is -0.482 e. The van der Waals surface area contributed by atoms with E-state index in [0.29, 0.717) is 23.7 Å². The number of hydrogen-bond donors (Lipinski definition) is 2. The summed E-state index contributed by atoms with van der Waals surface area (Å²) >= 11 is 0. The molecule has 0 aliphatic carbocycles. The molecule has 4 aromatic rings. The Labute approximate surface area is 205 Å². The number of methoxy groups -OCH3 is 1. The van der Waals surface area contributed by atoms with E-state index in [1.807, 2.05) is 31.4 Å². The highest BCUT2D eigenvalue weighted by Crippen LogP contribution is 2.33. The van der Waals surface area contributed by atoms with Crippen LogP contribution >= 0.6 is 0 Å². The maximum absolute atomic E-state index is 12.4. The number of nitrogens with two attached hydrogens (primary N) is 1. The summed E-state index contributed by atoms with van der Waals surface area (Å²) in [6, 6.07) is 9.44. The SMILES string of the molecule is CCOC(=O)c1cc(OC)n2c(C)c(-c3cc4ccc(C(C)N)nc4n3CCCCNC)nc2c1. The first-order chi connectivity index (χ1) is 16.9. The van der Waals surface area contributed by atoms with Gasteiger partial charge in [0.05, 0.1) is 36.4 Å². The van der Waals surface area contributed by atoms with Gasteiger partial charge in [-0.05, 0) is 71.5 Å². The van der Waals surface area contributed by atoms with E-state index in [9.17, 15) is 4.79 Å². The molecule has 0 amide bonds. The number of carbonyl (C=O) groups is 1. The van der Waals surface area contributed by atoms with Gasteiger partial charge >= 0.3 is 5.97 Å². The average molecular weight is 479 g/mol. The first-order valence-corrected chi connectivity index (χ1v) is 12.0. The van der Waals surface area contributed by atoms with Crippen molar-refractivity contribution in [2.75, 3.05) is 27.3 Å². The number of pyridine rings is 2. The van der Waals surface area contributed by atoms with E-state index < -0.39 is 5.97 Å². The Balaban J connectivity index is 1.89. The number of fused-ring (bicyclic) bond motifs is 2. The average Bonchev–Trinajstić information content (AvgIpc) is 3.38. The van der Waals surface area contributed by atoms with Gasteiger partial charge in [0.2, 0.25) is 0 Å². The van der Waals surface area contributed by atoms with E-state index in [-0.39, 0.29) is 6.04 Å². The molecule has 9 heteroatoms. The van der Waals surface area contributed by atoms with Crippen molar-refractivity contribution in [3.05, 3.63) is 47.3 Å². The number of rotatable bonds is 10. The summed E-state index contributed by atoms with van der Waals surface area (Å²) in [6.45, 7) is 7.78. The number of hydrogen-bond acceptors (Lipinski definition) is 7. The van der Waals surface area contributed by atoms with Crippen molar-refractivity contribution in [2.45, 2.75) is 46.2 Å². The highest BCUT2D eigenvalue weighted by Gasteiger charge is 2.22. The molecule has 4 heterocycles. The zero-order valence-electron chi connectivity index (χ0n) is 21.1. The van der Waals surface area contributed by atoms with Crippen molar-refractivity contribution in [1.29, 1.82) is 0 Å². The van der Waals surface area contributed by atoms with Crippen LogP contribution in [-0.2, 0) is 11.3 Å². The van der Waals surface area contributed by atoms with E-state index in [4.69, 9.17) is 25.2 Å². The number of nitrogens with one attached hydrogen (secondary N) is 1. The molecule has 0 aliphatic rings. The van der Waals surface area contributed by atoms with E-state index >= 15 is 0 Å². The van der Waals surface area contributed by atoms with Crippen LogP contribution in [0.2, 0.25) is 0 Å². The van der Waals surface area contributed by atoms with E-state index in [0.717, 1.165) is 59.7 Å². The molecule has 35 heavy (non-hydrogen) atoms. The van der Waals surface area contributed by atoms with Crippen molar-refractivity contribution in [1.82, 2.24) is 24.3 Å². The van der Waals surface area contributed by atoms with Crippen LogP contribution in [0.15, 0.2) is 30.3 Å². The van der Waals surface area contributed by atoms with Gasteiger partial charge in [0.15, 0.2) is 5.88 Å². The maximum Gasteiger partial charge on any atom is 0.338 e. The van der Waals surface area contributed by atoms with Crippen LogP contribution in [0, 0.1) is 6.92 Å². The van der Waals surface area contributed by atoms with Crippen LogP contribution in [0.5, 0.6) is 5.88 Å². The third kappa shape index (κ3) is 4.74. The third-order valence-corrected chi connectivity index (χ3v) is 6.17. The number of unbranched alkanes of at least 4 members (excludes halogenated alkanes) is 1. The van der Waals surface area contributed by atoms with Crippen LogP contribution < -0.4 is 15.8 Å². The van der Waals surface area contributed by atoms with Crippen LogP contribution in [-0.4, -0.2) is 52.2 Å². The smallest absolute Gasteiger partial charge is 0.338 e. The topological polar surface area (TPSA) is 109 Å². The second-order valence-electron chi connectivity index (χ2n) is 8.68. The summed E-state index contributed by atoms with van der Waals surface area (Å²) in [5.41, 5.74) is 11.6. The molecule has 3 N–H and O–H groups in total. The van der Waals surface area contributed by atoms with E-state index in [1.54, 1.807) is 26.2 Å². The molecule has 0 aromatic carbocycles. The number of imidazole rings is 1. The lowest BCUT2D eigenvalue weighted by Gasteiger charge is -2.11. The molecular formula is C26H34N6O3. The van der Waals surface area contributed by atoms with Gasteiger partial charge in [-0.3, -0.25) is 4.40 Å².